The summed E-state index contributed by atoms with van der Waals surface area (Å²) in [5.74, 6) is 1.78. The Hall–Kier alpha value is -2.94. The van der Waals surface area contributed by atoms with Crippen molar-refractivity contribution >= 4 is 40.9 Å². The summed E-state index contributed by atoms with van der Waals surface area (Å²) in [4.78, 5) is 12.4. The topological polar surface area (TPSA) is 82.2 Å². The van der Waals surface area contributed by atoms with Crippen molar-refractivity contribution in [2.45, 2.75) is 11.7 Å². The number of benzene rings is 2. The lowest BCUT2D eigenvalue weighted by Crippen LogP contribution is -2.24. The maximum absolute atomic E-state index is 12.4. The molecule has 2 aromatic heterocycles. The van der Waals surface area contributed by atoms with Gasteiger partial charge >= 0.3 is 0 Å². The van der Waals surface area contributed by atoms with Crippen LogP contribution in [0.4, 0.5) is 0 Å². The summed E-state index contributed by atoms with van der Waals surface area (Å²) in [7, 11) is 1.57. The van der Waals surface area contributed by atoms with Gasteiger partial charge in [-0.3, -0.25) is 9.36 Å². The average Bonchev–Trinajstić information content (AvgIpc) is 3.46. The normalized spacial score (nSPS) is 10.8. The summed E-state index contributed by atoms with van der Waals surface area (Å²) < 4.78 is 12.6. The minimum Gasteiger partial charge on any atom is -0.495 e. The van der Waals surface area contributed by atoms with E-state index in [2.05, 4.69) is 15.5 Å². The molecule has 0 saturated heterocycles. The van der Waals surface area contributed by atoms with Gasteiger partial charge in [0.05, 0.1) is 31.4 Å². The van der Waals surface area contributed by atoms with Gasteiger partial charge in [-0.15, -0.1) is 10.2 Å². The van der Waals surface area contributed by atoms with Crippen LogP contribution in [-0.4, -0.2) is 33.5 Å². The van der Waals surface area contributed by atoms with E-state index >= 15 is 0 Å². The Labute approximate surface area is 198 Å². The van der Waals surface area contributed by atoms with Crippen molar-refractivity contribution in [2.24, 2.45) is 0 Å². The number of nitrogens with one attached hydrogen (secondary N) is 1. The zero-order valence-electron chi connectivity index (χ0n) is 16.9. The second kappa shape index (κ2) is 10.1. The standard InChI is InChI=1S/C22H18Cl2N4O3S/c1-30-19-8-7-16(24)11-18(19)28-21(14-4-2-5-15(23)10-14)26-27-22(28)32-13-20(29)25-12-17-6-3-9-31-17/h2-11H,12-13H2,1H3,(H,25,29). The zero-order valence-corrected chi connectivity index (χ0v) is 19.2. The van der Waals surface area contributed by atoms with Crippen LogP contribution in [0, 0.1) is 0 Å². The smallest absolute Gasteiger partial charge is 0.230 e. The number of nitrogens with zero attached hydrogens (tertiary/aromatic N) is 3. The molecule has 0 bridgehead atoms. The molecule has 7 nitrogen and oxygen atoms in total. The first-order valence-corrected chi connectivity index (χ1v) is 11.3. The van der Waals surface area contributed by atoms with Gasteiger partial charge in [-0.2, -0.15) is 0 Å². The molecule has 0 aliphatic rings. The summed E-state index contributed by atoms with van der Waals surface area (Å²) in [5, 5.41) is 13.1. The van der Waals surface area contributed by atoms with Crippen molar-refractivity contribution in [3.8, 4) is 22.8 Å². The number of furan rings is 1. The van der Waals surface area contributed by atoms with E-state index < -0.39 is 0 Å². The molecule has 0 saturated carbocycles. The number of amides is 1. The number of carbonyl (C=O) groups is 1. The molecule has 0 unspecified atom stereocenters. The van der Waals surface area contributed by atoms with Gasteiger partial charge in [0.15, 0.2) is 11.0 Å². The highest BCUT2D eigenvalue weighted by molar-refractivity contribution is 7.99. The minimum absolute atomic E-state index is 0.136. The molecule has 0 radical (unpaired) electrons. The Morgan fingerprint density at radius 1 is 1.12 bits per heavy atom. The van der Waals surface area contributed by atoms with Crippen LogP contribution in [0.1, 0.15) is 5.76 Å². The number of carbonyl (C=O) groups excluding carboxylic acids is 1. The largest absolute Gasteiger partial charge is 0.495 e. The maximum Gasteiger partial charge on any atom is 0.230 e. The quantitative estimate of drug-likeness (QED) is 0.341. The lowest BCUT2D eigenvalue weighted by Gasteiger charge is -2.14. The lowest BCUT2D eigenvalue weighted by atomic mass is 10.2. The van der Waals surface area contributed by atoms with Crippen molar-refractivity contribution in [3.05, 3.63) is 76.7 Å². The van der Waals surface area contributed by atoms with Gasteiger partial charge in [0.25, 0.3) is 0 Å². The fraction of sp³-hybridized carbons (Fsp3) is 0.136. The molecule has 1 N–H and O–H groups in total. The molecule has 10 heteroatoms. The highest BCUT2D eigenvalue weighted by Crippen LogP contribution is 2.34. The Balaban J connectivity index is 1.65. The summed E-state index contributed by atoms with van der Waals surface area (Å²) >= 11 is 13.7. The fourth-order valence-electron chi connectivity index (χ4n) is 3.01. The van der Waals surface area contributed by atoms with Gasteiger partial charge in [0, 0.05) is 15.6 Å². The number of aromatic nitrogens is 3. The molecule has 4 rings (SSSR count). The SMILES string of the molecule is COc1ccc(Cl)cc1-n1c(SCC(=O)NCc2ccco2)nnc1-c1cccc(Cl)c1. The van der Waals surface area contributed by atoms with Crippen LogP contribution in [0.2, 0.25) is 10.0 Å². The maximum atomic E-state index is 12.4. The molecule has 164 valence electrons. The monoisotopic (exact) mass is 488 g/mol. The summed E-state index contributed by atoms with van der Waals surface area (Å²) in [6.45, 7) is 0.314. The van der Waals surface area contributed by atoms with Crippen LogP contribution >= 0.6 is 35.0 Å². The van der Waals surface area contributed by atoms with E-state index in [0.29, 0.717) is 44.8 Å². The van der Waals surface area contributed by atoms with Gasteiger partial charge in [0.2, 0.25) is 5.91 Å². The van der Waals surface area contributed by atoms with Crippen LogP contribution in [0.5, 0.6) is 5.75 Å². The second-order valence-electron chi connectivity index (χ2n) is 6.61. The van der Waals surface area contributed by atoms with Crippen molar-refractivity contribution in [1.29, 1.82) is 0 Å². The molecule has 4 aromatic rings. The van der Waals surface area contributed by atoms with Crippen molar-refractivity contribution in [1.82, 2.24) is 20.1 Å². The molecule has 0 fully saturated rings. The van der Waals surface area contributed by atoms with E-state index in [0.717, 1.165) is 5.56 Å². The van der Waals surface area contributed by atoms with Crippen molar-refractivity contribution in [3.63, 3.8) is 0 Å². The number of hydrogen-bond acceptors (Lipinski definition) is 6. The number of hydrogen-bond donors (Lipinski definition) is 1. The van der Waals surface area contributed by atoms with E-state index in [1.165, 1.54) is 11.8 Å². The summed E-state index contributed by atoms with van der Waals surface area (Å²) in [5.41, 5.74) is 1.42. The minimum atomic E-state index is -0.164. The van der Waals surface area contributed by atoms with Crippen LogP contribution < -0.4 is 10.1 Å². The Kier molecular flexibility index (Phi) is 7.04. The third-order valence-electron chi connectivity index (χ3n) is 4.47. The van der Waals surface area contributed by atoms with E-state index in [4.69, 9.17) is 32.4 Å². The lowest BCUT2D eigenvalue weighted by molar-refractivity contribution is -0.118. The molecule has 0 aliphatic carbocycles. The highest BCUT2D eigenvalue weighted by Gasteiger charge is 2.20. The predicted molar refractivity (Wildman–Crippen MR) is 125 cm³/mol. The van der Waals surface area contributed by atoms with Crippen molar-refractivity contribution < 1.29 is 13.9 Å². The molecule has 0 spiro atoms. The summed E-state index contributed by atoms with van der Waals surface area (Å²) in [6.07, 6.45) is 1.56. The number of ether oxygens (including phenoxy) is 1. The number of halogens is 2. The van der Waals surface area contributed by atoms with Crippen LogP contribution in [0.15, 0.2) is 70.4 Å². The fourth-order valence-corrected chi connectivity index (χ4v) is 4.14. The van der Waals surface area contributed by atoms with E-state index in [1.807, 2.05) is 12.1 Å². The zero-order chi connectivity index (χ0) is 22.5. The Morgan fingerprint density at radius 3 is 2.72 bits per heavy atom. The molecule has 2 aromatic carbocycles. The molecule has 2 heterocycles. The number of methoxy groups -OCH3 is 1. The highest BCUT2D eigenvalue weighted by atomic mass is 35.5. The van der Waals surface area contributed by atoms with Crippen LogP contribution in [0.3, 0.4) is 0 Å². The first kappa shape index (κ1) is 22.3. The van der Waals surface area contributed by atoms with Crippen molar-refractivity contribution in [2.75, 3.05) is 12.9 Å². The number of rotatable bonds is 8. The average molecular weight is 489 g/mol. The third kappa shape index (κ3) is 5.09. The molecule has 32 heavy (non-hydrogen) atoms. The number of thioether (sulfide) groups is 1. The second-order valence-corrected chi connectivity index (χ2v) is 8.43. The third-order valence-corrected chi connectivity index (χ3v) is 5.87. The van der Waals surface area contributed by atoms with Gasteiger partial charge in [0.1, 0.15) is 11.5 Å². The first-order chi connectivity index (χ1) is 15.5. The Morgan fingerprint density at radius 2 is 1.97 bits per heavy atom. The molecule has 1 amide bonds. The van der Waals surface area contributed by atoms with E-state index in [-0.39, 0.29) is 11.7 Å². The van der Waals surface area contributed by atoms with E-state index in [9.17, 15) is 4.79 Å². The molecule has 0 atom stereocenters. The molecular weight excluding hydrogens is 471 g/mol. The first-order valence-electron chi connectivity index (χ1n) is 9.52. The molecule has 0 aliphatic heterocycles. The van der Waals surface area contributed by atoms with Gasteiger partial charge in [-0.25, -0.2) is 0 Å². The predicted octanol–water partition coefficient (Wildman–Crippen LogP) is 5.25. The van der Waals surface area contributed by atoms with Crippen LogP contribution in [0.25, 0.3) is 17.1 Å². The van der Waals surface area contributed by atoms with Crippen LogP contribution in [-0.2, 0) is 11.3 Å². The van der Waals surface area contributed by atoms with E-state index in [1.54, 1.807) is 60.4 Å². The van der Waals surface area contributed by atoms with Gasteiger partial charge in [-0.05, 0) is 42.5 Å². The van der Waals surface area contributed by atoms with Gasteiger partial charge in [-0.1, -0.05) is 47.1 Å². The molecular formula is C22H18Cl2N4O3S. The summed E-state index contributed by atoms with van der Waals surface area (Å²) in [6, 6.07) is 16.1. The van der Waals surface area contributed by atoms with Gasteiger partial charge < -0.3 is 14.5 Å². The Bertz CT molecular complexity index is 1230.